The van der Waals surface area contributed by atoms with Crippen molar-refractivity contribution >= 4 is 0 Å². The van der Waals surface area contributed by atoms with E-state index in [2.05, 4.69) is 34.3 Å². The summed E-state index contributed by atoms with van der Waals surface area (Å²) in [4.78, 5) is 0. The summed E-state index contributed by atoms with van der Waals surface area (Å²) in [5.74, 6) is 2.24. The van der Waals surface area contributed by atoms with Crippen molar-refractivity contribution in [1.29, 1.82) is 0 Å². The van der Waals surface area contributed by atoms with Crippen LogP contribution in [0.5, 0.6) is 0 Å². The van der Waals surface area contributed by atoms with E-state index in [9.17, 15) is 0 Å². The Morgan fingerprint density at radius 1 is 1.04 bits per heavy atom. The van der Waals surface area contributed by atoms with Crippen molar-refractivity contribution < 1.29 is 9.47 Å². The van der Waals surface area contributed by atoms with E-state index in [1.807, 2.05) is 0 Å². The van der Waals surface area contributed by atoms with Crippen molar-refractivity contribution in [1.82, 2.24) is 0 Å². The number of fused-ring (bicyclic) bond motifs is 2. The van der Waals surface area contributed by atoms with E-state index in [0.29, 0.717) is 28.1 Å². The maximum Gasteiger partial charge on any atom is 0.178 e. The largest absolute Gasteiger partial charge is 0.347 e. The van der Waals surface area contributed by atoms with Crippen molar-refractivity contribution in [3.63, 3.8) is 0 Å². The second-order valence-electron chi connectivity index (χ2n) is 10.9. The number of hydrogen-bond donors (Lipinski definition) is 0. The van der Waals surface area contributed by atoms with E-state index in [1.165, 1.54) is 50.5 Å². The Labute approximate surface area is 153 Å². The smallest absolute Gasteiger partial charge is 0.178 e. The van der Waals surface area contributed by atoms with Crippen LogP contribution in [0.1, 0.15) is 72.6 Å². The maximum atomic E-state index is 6.44. The molecule has 0 radical (unpaired) electrons. The highest BCUT2D eigenvalue weighted by Gasteiger charge is 2.77. The van der Waals surface area contributed by atoms with E-state index in [-0.39, 0.29) is 5.79 Å². The minimum atomic E-state index is -0.363. The Morgan fingerprint density at radius 2 is 1.76 bits per heavy atom. The highest BCUT2D eigenvalue weighted by molar-refractivity contribution is 5.34. The molecular formula is C23H36O2. The average molecular weight is 345 g/mol. The summed E-state index contributed by atoms with van der Waals surface area (Å²) in [5, 5.41) is 0. The zero-order valence-electron chi connectivity index (χ0n) is 16.7. The summed E-state index contributed by atoms with van der Waals surface area (Å²) in [6.07, 6.45) is 9.53. The van der Waals surface area contributed by atoms with Gasteiger partial charge in [-0.15, -0.1) is 0 Å². The van der Waals surface area contributed by atoms with Crippen molar-refractivity contribution in [3.05, 3.63) is 12.2 Å². The second-order valence-corrected chi connectivity index (χ2v) is 10.9. The van der Waals surface area contributed by atoms with Crippen LogP contribution >= 0.6 is 0 Å². The van der Waals surface area contributed by atoms with Gasteiger partial charge in [-0.05, 0) is 66.6 Å². The Balaban J connectivity index is 1.65. The molecule has 1 saturated heterocycles. The minimum absolute atomic E-state index is 0.363. The van der Waals surface area contributed by atoms with Gasteiger partial charge in [0.15, 0.2) is 5.79 Å². The van der Waals surface area contributed by atoms with Gasteiger partial charge in [-0.2, -0.15) is 0 Å². The van der Waals surface area contributed by atoms with Crippen LogP contribution in [0.25, 0.3) is 0 Å². The summed E-state index contributed by atoms with van der Waals surface area (Å²) in [7, 11) is 0. The zero-order chi connectivity index (χ0) is 17.7. The van der Waals surface area contributed by atoms with Gasteiger partial charge < -0.3 is 9.47 Å². The monoisotopic (exact) mass is 344 g/mol. The molecule has 0 bridgehead atoms. The quantitative estimate of drug-likeness (QED) is 0.535. The standard InChI is InChI=1S/C23H36O2/c1-15-14-22-17(13-16(2)23(19(15)22)24-11-12-25-23)7-8-18-20(3,4)9-6-10-21(18,22)5/h16-19H,1,6-14H2,2-5H3/t16?,17-,18-,19-,21-,22+/m0/s1. The van der Waals surface area contributed by atoms with Gasteiger partial charge in [-0.1, -0.05) is 46.3 Å². The average Bonchev–Trinajstić information content (AvgIpc) is 2.98. The second kappa shape index (κ2) is 4.93. The summed E-state index contributed by atoms with van der Waals surface area (Å²) in [6, 6.07) is 0. The fourth-order valence-corrected chi connectivity index (χ4v) is 8.95. The Bertz CT molecular complexity index is 601. The molecule has 0 aromatic carbocycles. The first-order chi connectivity index (χ1) is 11.8. The van der Waals surface area contributed by atoms with Crippen LogP contribution in [-0.2, 0) is 9.47 Å². The Hall–Kier alpha value is -0.340. The molecule has 0 N–H and O–H groups in total. The molecule has 0 aromatic rings. The third-order valence-electron chi connectivity index (χ3n) is 9.73. The van der Waals surface area contributed by atoms with Gasteiger partial charge in [-0.25, -0.2) is 0 Å². The first-order valence-corrected chi connectivity index (χ1v) is 10.7. The van der Waals surface area contributed by atoms with Crippen LogP contribution in [0.3, 0.4) is 0 Å². The summed E-state index contributed by atoms with van der Waals surface area (Å²) in [5.41, 5.74) is 2.69. The molecule has 1 aliphatic heterocycles. The number of hydrogen-bond acceptors (Lipinski definition) is 2. The molecule has 2 spiro atoms. The van der Waals surface area contributed by atoms with Crippen LogP contribution in [0.2, 0.25) is 0 Å². The van der Waals surface area contributed by atoms with Gasteiger partial charge in [0.05, 0.1) is 13.2 Å². The highest BCUT2D eigenvalue weighted by atomic mass is 16.7. The molecule has 2 heteroatoms. The molecule has 0 aromatic heterocycles. The van der Waals surface area contributed by atoms with E-state index in [4.69, 9.17) is 9.47 Å². The fraction of sp³-hybridized carbons (Fsp3) is 0.913. The molecular weight excluding hydrogens is 308 g/mol. The molecule has 2 nitrogen and oxygen atoms in total. The summed E-state index contributed by atoms with van der Waals surface area (Å²) >= 11 is 0. The molecule has 6 atom stereocenters. The zero-order valence-corrected chi connectivity index (χ0v) is 16.7. The van der Waals surface area contributed by atoms with Gasteiger partial charge in [-0.3, -0.25) is 0 Å². The van der Waals surface area contributed by atoms with E-state index >= 15 is 0 Å². The SMILES string of the molecule is C=C1C[C@]23[C@@H](CC[C@H]4C(C)(C)CCC[C@@]42C)CC(C)C2(OCCO2)[C@@H]13. The summed E-state index contributed by atoms with van der Waals surface area (Å²) < 4.78 is 12.9. The first kappa shape index (κ1) is 16.8. The molecule has 140 valence electrons. The van der Waals surface area contributed by atoms with E-state index in [1.54, 1.807) is 0 Å². The molecule has 4 saturated carbocycles. The lowest BCUT2D eigenvalue weighted by molar-refractivity contribution is -0.339. The summed E-state index contributed by atoms with van der Waals surface area (Å²) in [6.45, 7) is 16.2. The van der Waals surface area contributed by atoms with Gasteiger partial charge in [0.25, 0.3) is 0 Å². The third kappa shape index (κ3) is 1.75. The first-order valence-electron chi connectivity index (χ1n) is 10.7. The predicted octanol–water partition coefficient (Wildman–Crippen LogP) is 5.57. The molecule has 4 aliphatic carbocycles. The highest BCUT2D eigenvalue weighted by Crippen LogP contribution is 2.80. The van der Waals surface area contributed by atoms with Crippen LogP contribution in [-0.4, -0.2) is 19.0 Å². The maximum absolute atomic E-state index is 6.44. The molecule has 25 heavy (non-hydrogen) atoms. The van der Waals surface area contributed by atoms with Crippen molar-refractivity contribution in [3.8, 4) is 0 Å². The molecule has 0 amide bonds. The van der Waals surface area contributed by atoms with E-state index < -0.39 is 0 Å². The molecule has 5 aliphatic rings. The predicted molar refractivity (Wildman–Crippen MR) is 100 cm³/mol. The minimum Gasteiger partial charge on any atom is -0.347 e. The normalized spacial score (nSPS) is 52.9. The van der Waals surface area contributed by atoms with Gasteiger partial charge in [0.2, 0.25) is 0 Å². The van der Waals surface area contributed by atoms with Gasteiger partial charge in [0, 0.05) is 11.8 Å². The van der Waals surface area contributed by atoms with Crippen LogP contribution < -0.4 is 0 Å². The third-order valence-corrected chi connectivity index (χ3v) is 9.73. The number of ether oxygens (including phenoxy) is 2. The van der Waals surface area contributed by atoms with Crippen molar-refractivity contribution in [2.24, 2.45) is 39.9 Å². The van der Waals surface area contributed by atoms with Crippen LogP contribution in [0.15, 0.2) is 12.2 Å². The van der Waals surface area contributed by atoms with Gasteiger partial charge in [0.1, 0.15) is 0 Å². The Morgan fingerprint density at radius 3 is 2.44 bits per heavy atom. The van der Waals surface area contributed by atoms with E-state index in [0.717, 1.165) is 25.0 Å². The lowest BCUT2D eigenvalue weighted by Gasteiger charge is -2.76. The Kier molecular flexibility index (Phi) is 3.31. The van der Waals surface area contributed by atoms with Gasteiger partial charge >= 0.3 is 0 Å². The lowest BCUT2D eigenvalue weighted by atomic mass is 9.29. The molecule has 5 fully saturated rings. The number of rotatable bonds is 0. The fourth-order valence-electron chi connectivity index (χ4n) is 8.95. The molecule has 1 heterocycles. The van der Waals surface area contributed by atoms with Crippen LogP contribution in [0.4, 0.5) is 0 Å². The van der Waals surface area contributed by atoms with Crippen LogP contribution in [0, 0.1) is 39.9 Å². The lowest BCUT2D eigenvalue weighted by Crippen LogP contribution is -2.74. The van der Waals surface area contributed by atoms with Crippen molar-refractivity contribution in [2.45, 2.75) is 78.4 Å². The molecule has 5 rings (SSSR count). The molecule has 1 unspecified atom stereocenters. The van der Waals surface area contributed by atoms with Crippen molar-refractivity contribution in [2.75, 3.05) is 13.2 Å². The topological polar surface area (TPSA) is 18.5 Å².